The Morgan fingerprint density at radius 1 is 1.12 bits per heavy atom. The van der Waals surface area contributed by atoms with Crippen LogP contribution in [0.25, 0.3) is 4.91 Å². The van der Waals surface area contributed by atoms with Crippen LogP contribution in [0.5, 0.6) is 0 Å². The summed E-state index contributed by atoms with van der Waals surface area (Å²) in [5, 5.41) is 2.77. The lowest BCUT2D eigenvalue weighted by Crippen LogP contribution is -2.62. The number of amides is 2. The smallest absolute Gasteiger partial charge is 0.247 e. The van der Waals surface area contributed by atoms with E-state index >= 15 is 0 Å². The molecule has 0 aliphatic carbocycles. The van der Waals surface area contributed by atoms with E-state index in [1.54, 1.807) is 45.0 Å². The summed E-state index contributed by atoms with van der Waals surface area (Å²) in [6, 6.07) is 14.0. The predicted molar refractivity (Wildman–Crippen MR) is 161 cm³/mol. The first-order valence-electron chi connectivity index (χ1n) is 12.9. The van der Waals surface area contributed by atoms with Gasteiger partial charge in [-0.3, -0.25) is 9.59 Å². The third kappa shape index (κ3) is 8.27. The molecule has 14 heteroatoms. The van der Waals surface area contributed by atoms with Crippen molar-refractivity contribution in [2.45, 2.75) is 44.5 Å². The number of alkyl halides is 2. The third-order valence-electron chi connectivity index (χ3n) is 6.76. The van der Waals surface area contributed by atoms with Crippen molar-refractivity contribution in [2.24, 2.45) is 5.73 Å². The molecule has 0 radical (unpaired) electrons. The van der Waals surface area contributed by atoms with Crippen LogP contribution in [0.3, 0.4) is 0 Å². The number of carbonyl (C=O) groups excluding carboxylic acids is 2. The molecule has 232 valence electrons. The molecule has 1 heterocycles. The maximum atomic E-state index is 13.8. The Hall–Kier alpha value is -2.61. The number of likely N-dealkylation sites (N-methyl/N-ethyl adjacent to an activating group) is 1. The van der Waals surface area contributed by atoms with E-state index in [0.717, 1.165) is 5.56 Å². The number of nitrogens with one attached hydrogen (secondary N) is 2. The summed E-state index contributed by atoms with van der Waals surface area (Å²) in [5.41, 5.74) is 3.67. The molecule has 0 saturated carbocycles. The molecule has 0 fully saturated rings. The molecule has 2 aromatic rings. The standard InChI is InChI=1S/C28H35ClF2N4O5S.ClH/c1-4-35(14-22-24(20-10-12-21(29)13-11-20)41(38,39)34-27(22,2)3)25(36)23(33-26(37)28(32,17-30)18-31)16-40-15-19-8-6-5-7-9-19;/h5-13,23,34H,4,14-18,32H2,1-3H3,(H,33,37);1H/t23-;/m1./s1. The number of nitrogens with zero attached hydrogens (tertiary/aromatic N) is 1. The third-order valence-corrected chi connectivity index (χ3v) is 8.81. The van der Waals surface area contributed by atoms with E-state index in [1.807, 2.05) is 30.3 Å². The van der Waals surface area contributed by atoms with Crippen molar-refractivity contribution >= 4 is 50.8 Å². The van der Waals surface area contributed by atoms with Crippen LogP contribution >= 0.6 is 24.0 Å². The minimum atomic E-state index is -3.95. The van der Waals surface area contributed by atoms with Crippen molar-refractivity contribution in [3.63, 3.8) is 0 Å². The van der Waals surface area contributed by atoms with E-state index in [0.29, 0.717) is 16.2 Å². The van der Waals surface area contributed by atoms with Gasteiger partial charge in [-0.1, -0.05) is 54.1 Å². The number of sulfonamides is 1. The van der Waals surface area contributed by atoms with Crippen LogP contribution in [-0.4, -0.2) is 75.3 Å². The van der Waals surface area contributed by atoms with Gasteiger partial charge in [0.05, 0.1) is 23.7 Å². The average molecular weight is 650 g/mol. The Bertz CT molecular complexity index is 1370. The quantitative estimate of drug-likeness (QED) is 0.305. The number of hydrogen-bond acceptors (Lipinski definition) is 6. The largest absolute Gasteiger partial charge is 0.374 e. The van der Waals surface area contributed by atoms with Gasteiger partial charge in [0.2, 0.25) is 21.8 Å². The maximum absolute atomic E-state index is 13.8. The molecule has 42 heavy (non-hydrogen) atoms. The topological polar surface area (TPSA) is 131 Å². The molecule has 0 unspecified atom stereocenters. The molecule has 1 aliphatic heterocycles. The van der Waals surface area contributed by atoms with E-state index in [2.05, 4.69) is 10.0 Å². The van der Waals surface area contributed by atoms with E-state index in [9.17, 15) is 26.8 Å². The number of halogens is 4. The van der Waals surface area contributed by atoms with E-state index in [4.69, 9.17) is 22.1 Å². The lowest BCUT2D eigenvalue weighted by atomic mass is 9.92. The predicted octanol–water partition coefficient (Wildman–Crippen LogP) is 3.37. The molecule has 1 aliphatic rings. The SMILES string of the molecule is CCN(CC1=C(c2ccc(Cl)cc2)S(=O)(=O)NC1(C)C)C(=O)[C@@H](COCc1ccccc1)NC(=O)C(N)(CF)CF.Cl. The first kappa shape index (κ1) is 35.6. The van der Waals surface area contributed by atoms with E-state index in [-0.39, 0.29) is 43.6 Å². The van der Waals surface area contributed by atoms with Gasteiger partial charge in [-0.15, -0.1) is 12.4 Å². The average Bonchev–Trinajstić information content (AvgIpc) is 3.13. The highest BCUT2D eigenvalue weighted by Crippen LogP contribution is 2.38. The second-order valence-corrected chi connectivity index (χ2v) is 12.4. The maximum Gasteiger partial charge on any atom is 0.247 e. The van der Waals surface area contributed by atoms with Gasteiger partial charge in [0, 0.05) is 18.1 Å². The van der Waals surface area contributed by atoms with Crippen molar-refractivity contribution in [1.82, 2.24) is 14.9 Å². The van der Waals surface area contributed by atoms with Gasteiger partial charge in [0.25, 0.3) is 0 Å². The molecule has 2 amide bonds. The number of carbonyl (C=O) groups is 2. The van der Waals surface area contributed by atoms with Gasteiger partial charge in [-0.05, 0) is 49.6 Å². The first-order valence-corrected chi connectivity index (χ1v) is 14.8. The molecule has 1 atom stereocenters. The molecule has 0 spiro atoms. The zero-order valence-electron chi connectivity index (χ0n) is 23.5. The van der Waals surface area contributed by atoms with Crippen molar-refractivity contribution in [2.75, 3.05) is 33.0 Å². The molecule has 0 saturated heterocycles. The van der Waals surface area contributed by atoms with Gasteiger partial charge in [-0.25, -0.2) is 21.9 Å². The molecule has 3 rings (SSSR count). The zero-order valence-corrected chi connectivity index (χ0v) is 25.9. The molecule has 2 aromatic carbocycles. The van der Waals surface area contributed by atoms with Gasteiger partial charge < -0.3 is 20.7 Å². The minimum Gasteiger partial charge on any atom is -0.374 e. The summed E-state index contributed by atoms with van der Waals surface area (Å²) in [4.78, 5) is 27.9. The molecule has 4 N–H and O–H groups in total. The minimum absolute atomic E-state index is 0. The number of hydrogen-bond donors (Lipinski definition) is 3. The van der Waals surface area contributed by atoms with E-state index < -0.39 is 52.3 Å². The second-order valence-electron chi connectivity index (χ2n) is 10.3. The Morgan fingerprint density at radius 3 is 2.26 bits per heavy atom. The van der Waals surface area contributed by atoms with Crippen LogP contribution in [-0.2, 0) is 31.0 Å². The molecular formula is C28H36Cl2F2N4O5S. The number of nitrogens with two attached hydrogens (primary N) is 1. The number of rotatable bonds is 13. The summed E-state index contributed by atoms with van der Waals surface area (Å²) < 4.78 is 61.6. The second kappa shape index (κ2) is 14.7. The van der Waals surface area contributed by atoms with Gasteiger partial charge in [0.1, 0.15) is 19.4 Å². The van der Waals surface area contributed by atoms with Crippen LogP contribution in [0.1, 0.15) is 31.9 Å². The fraction of sp³-hybridized carbons (Fsp3) is 0.429. The lowest BCUT2D eigenvalue weighted by molar-refractivity contribution is -0.139. The highest BCUT2D eigenvalue weighted by molar-refractivity contribution is 7.99. The van der Waals surface area contributed by atoms with Gasteiger partial charge in [0.15, 0.2) is 5.54 Å². The van der Waals surface area contributed by atoms with Crippen LogP contribution in [0.4, 0.5) is 8.78 Å². The van der Waals surface area contributed by atoms with Crippen molar-refractivity contribution < 1.29 is 31.5 Å². The Morgan fingerprint density at radius 2 is 1.71 bits per heavy atom. The summed E-state index contributed by atoms with van der Waals surface area (Å²) in [5.74, 6) is -1.83. The molecular weight excluding hydrogens is 613 g/mol. The molecule has 0 aromatic heterocycles. The van der Waals surface area contributed by atoms with Crippen molar-refractivity contribution in [3.05, 3.63) is 76.3 Å². The summed E-state index contributed by atoms with van der Waals surface area (Å²) >= 11 is 6.00. The molecule has 0 bridgehead atoms. The summed E-state index contributed by atoms with van der Waals surface area (Å²) in [6.45, 7) is 1.85. The van der Waals surface area contributed by atoms with E-state index in [1.165, 1.54) is 4.90 Å². The van der Waals surface area contributed by atoms with Crippen molar-refractivity contribution in [1.29, 1.82) is 0 Å². The molecule has 9 nitrogen and oxygen atoms in total. The normalized spacial score (nSPS) is 16.5. The Labute approximate surface area is 256 Å². The first-order chi connectivity index (χ1) is 19.3. The fourth-order valence-electron chi connectivity index (χ4n) is 4.35. The van der Waals surface area contributed by atoms with Gasteiger partial charge >= 0.3 is 0 Å². The van der Waals surface area contributed by atoms with Crippen LogP contribution < -0.4 is 15.8 Å². The van der Waals surface area contributed by atoms with Crippen molar-refractivity contribution in [3.8, 4) is 0 Å². The summed E-state index contributed by atoms with van der Waals surface area (Å²) in [6.07, 6.45) is 0. The fourth-order valence-corrected chi connectivity index (χ4v) is 6.47. The highest BCUT2D eigenvalue weighted by Gasteiger charge is 2.44. The Kier molecular flexibility index (Phi) is 12.5. The highest BCUT2D eigenvalue weighted by atomic mass is 35.5. The van der Waals surface area contributed by atoms with Crippen LogP contribution in [0.2, 0.25) is 5.02 Å². The van der Waals surface area contributed by atoms with Crippen LogP contribution in [0, 0.1) is 0 Å². The Balaban J connectivity index is 0.00000616. The van der Waals surface area contributed by atoms with Crippen LogP contribution in [0.15, 0.2) is 60.2 Å². The summed E-state index contributed by atoms with van der Waals surface area (Å²) in [7, 11) is -3.95. The monoisotopic (exact) mass is 648 g/mol. The number of ether oxygens (including phenoxy) is 1. The lowest BCUT2D eigenvalue weighted by Gasteiger charge is -2.32. The van der Waals surface area contributed by atoms with Gasteiger partial charge in [-0.2, -0.15) is 0 Å². The number of benzene rings is 2. The zero-order chi connectivity index (χ0) is 30.4.